The van der Waals surface area contributed by atoms with Crippen LogP contribution in [0.25, 0.3) is 10.9 Å². The molecule has 6 nitrogen and oxygen atoms in total. The lowest BCUT2D eigenvalue weighted by Gasteiger charge is -1.97. The zero-order valence-corrected chi connectivity index (χ0v) is 11.8. The van der Waals surface area contributed by atoms with E-state index in [-0.39, 0.29) is 5.91 Å². The molecule has 0 radical (unpaired) electrons. The van der Waals surface area contributed by atoms with Crippen LogP contribution in [0.3, 0.4) is 0 Å². The lowest BCUT2D eigenvalue weighted by Crippen LogP contribution is -2.17. The van der Waals surface area contributed by atoms with Gasteiger partial charge in [-0.15, -0.1) is 0 Å². The molecular formula is C15H15N5O. The number of aryl methyl sites for hydroxylation is 2. The first-order chi connectivity index (χ1) is 10.1. The minimum Gasteiger partial charge on any atom is -0.360 e. The fraction of sp³-hybridized carbons (Fsp3) is 0.133. The highest BCUT2D eigenvalue weighted by molar-refractivity contribution is 6.06. The first kappa shape index (κ1) is 13.1. The molecule has 1 amide bonds. The second-order valence-corrected chi connectivity index (χ2v) is 4.79. The van der Waals surface area contributed by atoms with Crippen molar-refractivity contribution >= 4 is 23.0 Å². The van der Waals surface area contributed by atoms with E-state index in [0.29, 0.717) is 5.56 Å². The third-order valence-corrected chi connectivity index (χ3v) is 3.26. The predicted octanol–water partition coefficient (Wildman–Crippen LogP) is 1.97. The smallest absolute Gasteiger partial charge is 0.273 e. The van der Waals surface area contributed by atoms with Crippen LogP contribution < -0.4 is 5.43 Å². The summed E-state index contributed by atoms with van der Waals surface area (Å²) in [5.74, 6) is -0.245. The third-order valence-electron chi connectivity index (χ3n) is 3.26. The van der Waals surface area contributed by atoms with E-state index in [4.69, 9.17) is 0 Å². The minimum atomic E-state index is -0.245. The highest BCUT2D eigenvalue weighted by Gasteiger charge is 2.10. The van der Waals surface area contributed by atoms with Crippen LogP contribution in [0.15, 0.2) is 41.8 Å². The van der Waals surface area contributed by atoms with E-state index >= 15 is 0 Å². The highest BCUT2D eigenvalue weighted by atomic mass is 16.2. The molecule has 106 valence electrons. The number of hydrogen-bond donors (Lipinski definition) is 2. The number of aromatic amines is 1. The first-order valence-corrected chi connectivity index (χ1v) is 6.55. The molecule has 0 aliphatic carbocycles. The Bertz CT molecular complexity index is 828. The highest BCUT2D eigenvalue weighted by Crippen LogP contribution is 2.17. The number of aromatic nitrogens is 3. The van der Waals surface area contributed by atoms with Crippen LogP contribution in [0, 0.1) is 6.92 Å². The monoisotopic (exact) mass is 281 g/mol. The summed E-state index contributed by atoms with van der Waals surface area (Å²) < 4.78 is 1.71. The van der Waals surface area contributed by atoms with Crippen molar-refractivity contribution in [3.05, 3.63) is 53.5 Å². The quantitative estimate of drug-likeness (QED) is 0.569. The summed E-state index contributed by atoms with van der Waals surface area (Å²) in [6.45, 7) is 1.89. The molecule has 0 atom stereocenters. The van der Waals surface area contributed by atoms with Crippen molar-refractivity contribution in [3.63, 3.8) is 0 Å². The van der Waals surface area contributed by atoms with Crippen LogP contribution in [0.5, 0.6) is 0 Å². The van der Waals surface area contributed by atoms with Crippen LogP contribution >= 0.6 is 0 Å². The molecule has 0 aliphatic heterocycles. The Kier molecular flexibility index (Phi) is 3.27. The van der Waals surface area contributed by atoms with E-state index < -0.39 is 0 Å². The van der Waals surface area contributed by atoms with Crippen molar-refractivity contribution in [1.29, 1.82) is 0 Å². The molecule has 2 aromatic heterocycles. The van der Waals surface area contributed by atoms with Crippen LogP contribution in [-0.4, -0.2) is 26.9 Å². The number of carbonyl (C=O) groups is 1. The van der Waals surface area contributed by atoms with Gasteiger partial charge in [0, 0.05) is 35.9 Å². The van der Waals surface area contributed by atoms with Gasteiger partial charge < -0.3 is 4.98 Å². The van der Waals surface area contributed by atoms with Gasteiger partial charge in [-0.2, -0.15) is 10.2 Å². The topological polar surface area (TPSA) is 75.1 Å². The molecule has 0 fully saturated rings. The van der Waals surface area contributed by atoms with Crippen molar-refractivity contribution in [2.45, 2.75) is 6.92 Å². The summed E-state index contributed by atoms with van der Waals surface area (Å²) in [6.07, 6.45) is 5.12. The second kappa shape index (κ2) is 5.24. The number of para-hydroxylation sites is 1. The molecule has 2 heterocycles. The number of benzene rings is 1. The Balaban J connectivity index is 1.76. The second-order valence-electron chi connectivity index (χ2n) is 4.79. The van der Waals surface area contributed by atoms with E-state index in [2.05, 4.69) is 20.6 Å². The normalized spacial score (nSPS) is 11.3. The number of rotatable bonds is 3. The van der Waals surface area contributed by atoms with Gasteiger partial charge in [0.2, 0.25) is 0 Å². The van der Waals surface area contributed by atoms with Gasteiger partial charge in [-0.3, -0.25) is 9.48 Å². The van der Waals surface area contributed by atoms with Crippen molar-refractivity contribution in [2.75, 3.05) is 0 Å². The number of fused-ring (bicyclic) bond motifs is 1. The summed E-state index contributed by atoms with van der Waals surface area (Å²) in [6, 6.07) is 7.64. The maximum atomic E-state index is 12.1. The fourth-order valence-corrected chi connectivity index (χ4v) is 2.22. The maximum absolute atomic E-state index is 12.1. The van der Waals surface area contributed by atoms with Gasteiger partial charge in [-0.25, -0.2) is 5.43 Å². The standard InChI is InChI=1S/C15H15N5O/c1-10-11(9-20(2)19-10)7-17-18-15(21)13-8-16-14-6-4-3-5-12(13)14/h3-9,16H,1-2H3,(H,18,21)/b17-7+. The van der Waals surface area contributed by atoms with Gasteiger partial charge >= 0.3 is 0 Å². The molecule has 21 heavy (non-hydrogen) atoms. The molecule has 0 unspecified atom stereocenters. The van der Waals surface area contributed by atoms with Crippen molar-refractivity contribution < 1.29 is 4.79 Å². The molecule has 2 N–H and O–H groups in total. The largest absolute Gasteiger partial charge is 0.360 e. The van der Waals surface area contributed by atoms with Crippen molar-refractivity contribution in [2.24, 2.45) is 12.1 Å². The SMILES string of the molecule is Cc1nn(C)cc1/C=N/NC(=O)c1c[nH]c2ccccc12. The number of hydrogen-bond acceptors (Lipinski definition) is 3. The van der Waals surface area contributed by atoms with Gasteiger partial charge in [0.1, 0.15) is 0 Å². The average Bonchev–Trinajstić information content (AvgIpc) is 3.02. The number of carbonyl (C=O) groups excluding carboxylic acids is 1. The summed E-state index contributed by atoms with van der Waals surface area (Å²) >= 11 is 0. The summed E-state index contributed by atoms with van der Waals surface area (Å²) in [4.78, 5) is 15.2. The molecule has 0 saturated heterocycles. The van der Waals surface area contributed by atoms with Crippen molar-refractivity contribution in [3.8, 4) is 0 Å². The van der Waals surface area contributed by atoms with Gasteiger partial charge in [-0.1, -0.05) is 18.2 Å². The predicted molar refractivity (Wildman–Crippen MR) is 81.3 cm³/mol. The molecule has 0 saturated carbocycles. The van der Waals surface area contributed by atoms with Gasteiger partial charge in [0.25, 0.3) is 5.91 Å². The summed E-state index contributed by atoms with van der Waals surface area (Å²) in [7, 11) is 1.84. The molecule has 0 bridgehead atoms. The average molecular weight is 281 g/mol. The van der Waals surface area contributed by atoms with Crippen LogP contribution in [0.1, 0.15) is 21.6 Å². The van der Waals surface area contributed by atoms with Gasteiger partial charge in [0.15, 0.2) is 0 Å². The summed E-state index contributed by atoms with van der Waals surface area (Å²) in [5, 5.41) is 9.07. The number of H-pyrrole nitrogens is 1. The van der Waals surface area contributed by atoms with E-state index in [0.717, 1.165) is 22.2 Å². The van der Waals surface area contributed by atoms with E-state index in [1.54, 1.807) is 17.1 Å². The number of hydrazone groups is 1. The van der Waals surface area contributed by atoms with E-state index in [1.807, 2.05) is 44.4 Å². The molecule has 0 spiro atoms. The Morgan fingerprint density at radius 3 is 3.00 bits per heavy atom. The third kappa shape index (κ3) is 2.55. The molecule has 6 heteroatoms. The molecule has 3 aromatic rings. The molecular weight excluding hydrogens is 266 g/mol. The lowest BCUT2D eigenvalue weighted by molar-refractivity contribution is 0.0957. The van der Waals surface area contributed by atoms with Gasteiger partial charge in [-0.05, 0) is 13.0 Å². The van der Waals surface area contributed by atoms with Crippen LogP contribution in [0.2, 0.25) is 0 Å². The number of nitrogens with one attached hydrogen (secondary N) is 2. The Morgan fingerprint density at radius 2 is 2.24 bits per heavy atom. The maximum Gasteiger partial charge on any atom is 0.273 e. The Morgan fingerprint density at radius 1 is 1.43 bits per heavy atom. The zero-order valence-electron chi connectivity index (χ0n) is 11.8. The molecule has 3 rings (SSSR count). The minimum absolute atomic E-state index is 0.245. The number of nitrogens with zero attached hydrogens (tertiary/aromatic N) is 3. The van der Waals surface area contributed by atoms with Crippen LogP contribution in [-0.2, 0) is 7.05 Å². The lowest BCUT2D eigenvalue weighted by atomic mass is 10.2. The zero-order chi connectivity index (χ0) is 14.8. The van der Waals surface area contributed by atoms with E-state index in [9.17, 15) is 4.79 Å². The number of amides is 1. The molecule has 0 aliphatic rings. The van der Waals surface area contributed by atoms with E-state index in [1.165, 1.54) is 0 Å². The van der Waals surface area contributed by atoms with Crippen molar-refractivity contribution in [1.82, 2.24) is 20.2 Å². The Hall–Kier alpha value is -2.89. The Labute approximate surface area is 121 Å². The summed E-state index contributed by atoms with van der Waals surface area (Å²) in [5.41, 5.74) is 5.77. The molecule has 1 aromatic carbocycles. The van der Waals surface area contributed by atoms with Gasteiger partial charge in [0.05, 0.1) is 17.5 Å². The fourth-order valence-electron chi connectivity index (χ4n) is 2.22. The first-order valence-electron chi connectivity index (χ1n) is 6.55. The van der Waals surface area contributed by atoms with Crippen LogP contribution in [0.4, 0.5) is 0 Å².